The molecule has 1 aromatic rings. The normalized spacial score (nSPS) is 13.5. The maximum absolute atomic E-state index is 13.3. The van der Waals surface area contributed by atoms with Gasteiger partial charge in [-0.2, -0.15) is 0 Å². The number of nitrogens with two attached hydrogens (primary N) is 1. The van der Waals surface area contributed by atoms with Gasteiger partial charge in [-0.3, -0.25) is 0 Å². The van der Waals surface area contributed by atoms with Gasteiger partial charge in [0.1, 0.15) is 11.7 Å². The van der Waals surface area contributed by atoms with E-state index in [-0.39, 0.29) is 17.7 Å². The summed E-state index contributed by atoms with van der Waals surface area (Å²) in [7, 11) is 0. The highest BCUT2D eigenvalue weighted by Gasteiger charge is 2.09. The van der Waals surface area contributed by atoms with E-state index in [2.05, 4.69) is 26.4 Å². The highest BCUT2D eigenvalue weighted by atomic mass is 79.9. The van der Waals surface area contributed by atoms with Crippen LogP contribution in [0.1, 0.15) is 19.8 Å². The first-order chi connectivity index (χ1) is 8.06. The number of oxime groups is 1. The van der Waals surface area contributed by atoms with Crippen LogP contribution in [-0.4, -0.2) is 17.1 Å². The zero-order valence-electron chi connectivity index (χ0n) is 9.45. The smallest absolute Gasteiger partial charge is 0.141 e. The maximum atomic E-state index is 13.3. The molecule has 0 heterocycles. The molecule has 0 spiro atoms. The van der Waals surface area contributed by atoms with Gasteiger partial charge in [0.15, 0.2) is 0 Å². The first-order valence-electron chi connectivity index (χ1n) is 5.24. The van der Waals surface area contributed by atoms with E-state index < -0.39 is 0 Å². The van der Waals surface area contributed by atoms with E-state index in [1.165, 1.54) is 6.07 Å². The number of hydrogen-bond acceptors (Lipinski definition) is 3. The third-order valence-corrected chi connectivity index (χ3v) is 3.01. The Balaban J connectivity index is 2.70. The van der Waals surface area contributed by atoms with Crippen LogP contribution in [0.2, 0.25) is 0 Å². The number of anilines is 1. The molecule has 1 aromatic carbocycles. The van der Waals surface area contributed by atoms with Gasteiger partial charge < -0.3 is 16.3 Å². The van der Waals surface area contributed by atoms with E-state index in [1.807, 2.05) is 6.92 Å². The van der Waals surface area contributed by atoms with Gasteiger partial charge in [-0.05, 0) is 40.5 Å². The molecule has 0 amide bonds. The molecule has 0 saturated heterocycles. The third kappa shape index (κ3) is 4.22. The van der Waals surface area contributed by atoms with Crippen LogP contribution in [0.4, 0.5) is 10.1 Å². The van der Waals surface area contributed by atoms with Gasteiger partial charge in [0.05, 0.1) is 4.47 Å². The minimum Gasteiger partial charge on any atom is -0.409 e. The van der Waals surface area contributed by atoms with Crippen molar-refractivity contribution in [3.8, 4) is 0 Å². The fourth-order valence-corrected chi connectivity index (χ4v) is 1.66. The average molecular weight is 304 g/mol. The van der Waals surface area contributed by atoms with Gasteiger partial charge in [0.2, 0.25) is 0 Å². The Morgan fingerprint density at radius 2 is 2.35 bits per heavy atom. The van der Waals surface area contributed by atoms with E-state index in [9.17, 15) is 4.39 Å². The summed E-state index contributed by atoms with van der Waals surface area (Å²) in [5.41, 5.74) is 6.11. The molecule has 6 heteroatoms. The van der Waals surface area contributed by atoms with Gasteiger partial charge in [0.25, 0.3) is 0 Å². The molecule has 17 heavy (non-hydrogen) atoms. The van der Waals surface area contributed by atoms with Gasteiger partial charge in [-0.1, -0.05) is 12.1 Å². The highest BCUT2D eigenvalue weighted by molar-refractivity contribution is 9.10. The van der Waals surface area contributed by atoms with Gasteiger partial charge in [-0.25, -0.2) is 4.39 Å². The Labute approximate surface area is 108 Å². The SMILES string of the molecule is CCC(CC(N)=NO)Nc1ccc(Br)c(F)c1. The summed E-state index contributed by atoms with van der Waals surface area (Å²) < 4.78 is 13.7. The van der Waals surface area contributed by atoms with Crippen molar-refractivity contribution in [3.05, 3.63) is 28.5 Å². The number of hydrogen-bond donors (Lipinski definition) is 3. The monoisotopic (exact) mass is 303 g/mol. The van der Waals surface area contributed by atoms with Crippen molar-refractivity contribution < 1.29 is 9.60 Å². The zero-order chi connectivity index (χ0) is 12.8. The predicted octanol–water partition coefficient (Wildman–Crippen LogP) is 2.92. The standard InChI is InChI=1S/C11H15BrFN3O/c1-2-7(6-11(14)16-17)15-8-3-4-9(12)10(13)5-8/h3-5,7,15,17H,2,6H2,1H3,(H2,14,16). The number of nitrogens with one attached hydrogen (secondary N) is 1. The Hall–Kier alpha value is -1.30. The van der Waals surface area contributed by atoms with Crippen molar-refractivity contribution in [2.24, 2.45) is 10.9 Å². The van der Waals surface area contributed by atoms with Gasteiger partial charge >= 0.3 is 0 Å². The summed E-state index contributed by atoms with van der Waals surface area (Å²) in [6.45, 7) is 1.97. The van der Waals surface area contributed by atoms with Crippen molar-refractivity contribution in [3.63, 3.8) is 0 Å². The summed E-state index contributed by atoms with van der Waals surface area (Å²) in [6.07, 6.45) is 1.19. The lowest BCUT2D eigenvalue weighted by Gasteiger charge is -2.17. The van der Waals surface area contributed by atoms with E-state index in [0.717, 1.165) is 6.42 Å². The molecule has 0 bridgehead atoms. The molecule has 0 aliphatic heterocycles. The van der Waals surface area contributed by atoms with E-state index >= 15 is 0 Å². The molecule has 1 rings (SSSR count). The summed E-state index contributed by atoms with van der Waals surface area (Å²) in [6, 6.07) is 4.81. The summed E-state index contributed by atoms with van der Waals surface area (Å²) in [4.78, 5) is 0. The Morgan fingerprint density at radius 3 is 2.88 bits per heavy atom. The van der Waals surface area contributed by atoms with Crippen molar-refractivity contribution in [2.45, 2.75) is 25.8 Å². The number of halogens is 2. The molecular weight excluding hydrogens is 289 g/mol. The molecular formula is C11H15BrFN3O. The lowest BCUT2D eigenvalue weighted by Crippen LogP contribution is -2.26. The van der Waals surface area contributed by atoms with Crippen LogP contribution < -0.4 is 11.1 Å². The molecule has 0 fully saturated rings. The van der Waals surface area contributed by atoms with Crippen molar-refractivity contribution in [1.82, 2.24) is 0 Å². The molecule has 0 saturated carbocycles. The fraction of sp³-hybridized carbons (Fsp3) is 0.364. The lowest BCUT2D eigenvalue weighted by atomic mass is 10.1. The third-order valence-electron chi connectivity index (χ3n) is 2.37. The molecule has 0 aromatic heterocycles. The minimum absolute atomic E-state index is 0.00600. The van der Waals surface area contributed by atoms with Gasteiger partial charge in [0, 0.05) is 18.2 Å². The number of amidine groups is 1. The number of rotatable bonds is 5. The average Bonchev–Trinajstić information content (AvgIpc) is 2.32. The number of nitrogens with zero attached hydrogens (tertiary/aromatic N) is 1. The Kier molecular flexibility index (Phi) is 5.21. The van der Waals surface area contributed by atoms with Crippen LogP contribution in [0, 0.1) is 5.82 Å². The number of benzene rings is 1. The first-order valence-corrected chi connectivity index (χ1v) is 6.04. The predicted molar refractivity (Wildman–Crippen MR) is 69.8 cm³/mol. The van der Waals surface area contributed by atoms with Crippen LogP contribution in [-0.2, 0) is 0 Å². The summed E-state index contributed by atoms with van der Waals surface area (Å²) in [5.74, 6) is -0.171. The van der Waals surface area contributed by atoms with Crippen LogP contribution in [0.15, 0.2) is 27.8 Å². The first kappa shape index (κ1) is 13.8. The lowest BCUT2D eigenvalue weighted by molar-refractivity contribution is 0.316. The van der Waals surface area contributed by atoms with Crippen molar-refractivity contribution in [2.75, 3.05) is 5.32 Å². The largest absolute Gasteiger partial charge is 0.409 e. The van der Waals surface area contributed by atoms with Crippen molar-refractivity contribution in [1.29, 1.82) is 0 Å². The molecule has 0 aliphatic carbocycles. The van der Waals surface area contributed by atoms with Crippen LogP contribution >= 0.6 is 15.9 Å². The molecule has 1 unspecified atom stereocenters. The molecule has 1 atom stereocenters. The van der Waals surface area contributed by atoms with Crippen LogP contribution in [0.3, 0.4) is 0 Å². The highest BCUT2D eigenvalue weighted by Crippen LogP contribution is 2.20. The molecule has 4 nitrogen and oxygen atoms in total. The second-order valence-electron chi connectivity index (χ2n) is 3.67. The minimum atomic E-state index is -0.325. The molecule has 0 radical (unpaired) electrons. The van der Waals surface area contributed by atoms with Crippen molar-refractivity contribution >= 4 is 27.5 Å². The maximum Gasteiger partial charge on any atom is 0.141 e. The van der Waals surface area contributed by atoms with Crippen LogP contribution in [0.5, 0.6) is 0 Å². The summed E-state index contributed by atoms with van der Waals surface area (Å²) >= 11 is 3.09. The van der Waals surface area contributed by atoms with Gasteiger partial charge in [-0.15, -0.1) is 0 Å². The zero-order valence-corrected chi connectivity index (χ0v) is 11.0. The second kappa shape index (κ2) is 6.44. The molecule has 94 valence electrons. The van der Waals surface area contributed by atoms with E-state index in [4.69, 9.17) is 10.9 Å². The van der Waals surface area contributed by atoms with Crippen LogP contribution in [0.25, 0.3) is 0 Å². The topological polar surface area (TPSA) is 70.6 Å². The molecule has 4 N–H and O–H groups in total. The van der Waals surface area contributed by atoms with E-state index in [0.29, 0.717) is 16.6 Å². The molecule has 0 aliphatic rings. The Morgan fingerprint density at radius 1 is 1.65 bits per heavy atom. The van der Waals surface area contributed by atoms with E-state index in [1.54, 1.807) is 12.1 Å². The quantitative estimate of drug-likeness (QED) is 0.339. The fourth-order valence-electron chi connectivity index (χ4n) is 1.41. The second-order valence-corrected chi connectivity index (χ2v) is 4.53. The Bertz CT molecular complexity index is 412. The summed E-state index contributed by atoms with van der Waals surface area (Å²) in [5, 5.41) is 14.5.